The molecule has 0 unspecified atom stereocenters. The van der Waals surface area contributed by atoms with E-state index in [1.807, 2.05) is 0 Å². The number of carbonyl (C=O) groups is 2. The monoisotopic (exact) mass is 267 g/mol. The van der Waals surface area contributed by atoms with Crippen LogP contribution in [0.2, 0.25) is 0 Å². The third-order valence-corrected chi connectivity index (χ3v) is 3.48. The highest BCUT2D eigenvalue weighted by molar-refractivity contribution is 5.74. The summed E-state index contributed by atoms with van der Waals surface area (Å²) < 4.78 is 4.84. The Morgan fingerprint density at radius 1 is 1.42 bits per heavy atom. The van der Waals surface area contributed by atoms with E-state index in [1.165, 1.54) is 6.20 Å². The van der Waals surface area contributed by atoms with Crippen LogP contribution in [0.3, 0.4) is 0 Å². The molecule has 0 bridgehead atoms. The Balaban J connectivity index is 1.72. The van der Waals surface area contributed by atoms with Gasteiger partial charge >= 0.3 is 12.0 Å². The number of nitrogens with one attached hydrogen (secondary N) is 2. The van der Waals surface area contributed by atoms with Crippen molar-refractivity contribution in [2.45, 2.75) is 32.2 Å². The molecule has 0 atom stereocenters. The van der Waals surface area contributed by atoms with Crippen LogP contribution >= 0.6 is 0 Å². The largest absolute Gasteiger partial charge is 0.481 e. The molecule has 0 aromatic carbocycles. The Kier molecular flexibility index (Phi) is 4.03. The van der Waals surface area contributed by atoms with Crippen LogP contribution in [0.4, 0.5) is 4.79 Å². The van der Waals surface area contributed by atoms with Crippen LogP contribution in [0.5, 0.6) is 0 Å². The standard InChI is InChI=1S/C12H17N3O4/c16-10(17)6-12(3-1-4-12)8-14-11(18)13-7-9-2-5-15-19-9/h2,5H,1,3-4,6-8H2,(H,16,17)(H2,13,14,18). The van der Waals surface area contributed by atoms with Crippen molar-refractivity contribution < 1.29 is 19.2 Å². The SMILES string of the molecule is O=C(O)CC1(CNC(=O)NCc2ccno2)CCC1. The van der Waals surface area contributed by atoms with Gasteiger partial charge in [-0.15, -0.1) is 0 Å². The molecule has 3 N–H and O–H groups in total. The lowest BCUT2D eigenvalue weighted by Gasteiger charge is -2.40. The van der Waals surface area contributed by atoms with Crippen molar-refractivity contribution in [3.05, 3.63) is 18.0 Å². The van der Waals surface area contributed by atoms with E-state index in [1.54, 1.807) is 6.07 Å². The summed E-state index contributed by atoms with van der Waals surface area (Å²) >= 11 is 0. The van der Waals surface area contributed by atoms with Gasteiger partial charge in [0.1, 0.15) is 0 Å². The van der Waals surface area contributed by atoms with Crippen molar-refractivity contribution in [1.82, 2.24) is 15.8 Å². The van der Waals surface area contributed by atoms with Crippen molar-refractivity contribution in [2.24, 2.45) is 5.41 Å². The van der Waals surface area contributed by atoms with E-state index in [4.69, 9.17) is 9.63 Å². The molecule has 0 radical (unpaired) electrons. The maximum atomic E-state index is 11.6. The Morgan fingerprint density at radius 2 is 2.21 bits per heavy atom. The summed E-state index contributed by atoms with van der Waals surface area (Å²) in [5.74, 6) is -0.248. The molecule has 2 amide bonds. The van der Waals surface area contributed by atoms with Crippen LogP contribution in [0.1, 0.15) is 31.4 Å². The maximum Gasteiger partial charge on any atom is 0.315 e. The first-order valence-electron chi connectivity index (χ1n) is 6.23. The molecule has 1 aromatic heterocycles. The molecular weight excluding hydrogens is 250 g/mol. The molecule has 1 aliphatic carbocycles. The van der Waals surface area contributed by atoms with Gasteiger partial charge in [-0.25, -0.2) is 4.79 Å². The lowest BCUT2D eigenvalue weighted by atomic mass is 9.66. The molecule has 0 spiro atoms. The number of carboxylic acid groups (broad SMARTS) is 1. The molecule has 0 saturated heterocycles. The van der Waals surface area contributed by atoms with E-state index in [0.717, 1.165) is 19.3 Å². The Bertz CT molecular complexity index is 440. The van der Waals surface area contributed by atoms with Gasteiger partial charge in [-0.1, -0.05) is 11.6 Å². The van der Waals surface area contributed by atoms with Crippen LogP contribution in [-0.4, -0.2) is 28.8 Å². The molecule has 2 rings (SSSR count). The highest BCUT2D eigenvalue weighted by atomic mass is 16.5. The van der Waals surface area contributed by atoms with E-state index in [-0.39, 0.29) is 24.4 Å². The number of aromatic nitrogens is 1. The summed E-state index contributed by atoms with van der Waals surface area (Å²) in [7, 11) is 0. The average molecular weight is 267 g/mol. The molecule has 1 aromatic rings. The Hall–Kier alpha value is -2.05. The summed E-state index contributed by atoms with van der Waals surface area (Å²) in [4.78, 5) is 22.4. The number of amides is 2. The first-order chi connectivity index (χ1) is 9.10. The number of nitrogens with zero attached hydrogens (tertiary/aromatic N) is 1. The van der Waals surface area contributed by atoms with Crippen molar-refractivity contribution in [3.63, 3.8) is 0 Å². The molecule has 1 saturated carbocycles. The van der Waals surface area contributed by atoms with Crippen LogP contribution in [0, 0.1) is 5.41 Å². The second kappa shape index (κ2) is 5.73. The lowest BCUT2D eigenvalue weighted by molar-refractivity contribution is -0.141. The molecule has 7 heteroatoms. The number of rotatable bonds is 6. The zero-order valence-corrected chi connectivity index (χ0v) is 10.5. The number of carboxylic acids is 1. The fourth-order valence-electron chi connectivity index (χ4n) is 2.24. The van der Waals surface area contributed by atoms with Gasteiger partial charge < -0.3 is 20.3 Å². The summed E-state index contributed by atoms with van der Waals surface area (Å²) in [6, 6.07) is 1.34. The normalized spacial score (nSPS) is 16.4. The molecule has 0 aliphatic heterocycles. The van der Waals surface area contributed by atoms with E-state index in [9.17, 15) is 9.59 Å². The van der Waals surface area contributed by atoms with Gasteiger partial charge in [0.05, 0.1) is 19.2 Å². The first kappa shape index (κ1) is 13.4. The number of urea groups is 1. The summed E-state index contributed by atoms with van der Waals surface area (Å²) in [6.45, 7) is 0.652. The Morgan fingerprint density at radius 3 is 2.74 bits per heavy atom. The highest BCUT2D eigenvalue weighted by Crippen LogP contribution is 2.43. The fraction of sp³-hybridized carbons (Fsp3) is 0.583. The maximum absolute atomic E-state index is 11.6. The minimum Gasteiger partial charge on any atom is -0.481 e. The summed E-state index contributed by atoms with van der Waals surface area (Å²) in [5.41, 5.74) is -0.268. The Labute approximate surface area is 110 Å². The topological polar surface area (TPSA) is 104 Å². The van der Waals surface area contributed by atoms with E-state index < -0.39 is 5.97 Å². The van der Waals surface area contributed by atoms with Gasteiger partial charge in [0, 0.05) is 12.6 Å². The van der Waals surface area contributed by atoms with Crippen molar-refractivity contribution in [1.29, 1.82) is 0 Å². The molecule has 1 fully saturated rings. The van der Waals surface area contributed by atoms with Crippen molar-refractivity contribution in [3.8, 4) is 0 Å². The number of aliphatic carboxylic acids is 1. The molecule has 1 aliphatic rings. The fourth-order valence-corrected chi connectivity index (χ4v) is 2.24. The minimum atomic E-state index is -0.816. The number of hydrogen-bond donors (Lipinski definition) is 3. The smallest absolute Gasteiger partial charge is 0.315 e. The second-order valence-electron chi connectivity index (χ2n) is 4.94. The molecule has 1 heterocycles. The predicted octanol–water partition coefficient (Wildman–Crippen LogP) is 1.12. The predicted molar refractivity (Wildman–Crippen MR) is 65.3 cm³/mol. The van der Waals surface area contributed by atoms with Gasteiger partial charge in [-0.05, 0) is 18.3 Å². The minimum absolute atomic E-state index is 0.107. The zero-order chi connectivity index (χ0) is 13.7. The molecule has 19 heavy (non-hydrogen) atoms. The third kappa shape index (κ3) is 3.70. The van der Waals surface area contributed by atoms with E-state index in [2.05, 4.69) is 15.8 Å². The summed E-state index contributed by atoms with van der Waals surface area (Å²) in [6.07, 6.45) is 4.33. The second-order valence-corrected chi connectivity index (χ2v) is 4.94. The van der Waals surface area contributed by atoms with Crippen LogP contribution in [0.15, 0.2) is 16.8 Å². The third-order valence-electron chi connectivity index (χ3n) is 3.48. The van der Waals surface area contributed by atoms with Gasteiger partial charge in [0.25, 0.3) is 0 Å². The van der Waals surface area contributed by atoms with Crippen LogP contribution in [0.25, 0.3) is 0 Å². The number of carbonyl (C=O) groups excluding carboxylic acids is 1. The van der Waals surface area contributed by atoms with E-state index >= 15 is 0 Å². The average Bonchev–Trinajstić information content (AvgIpc) is 2.82. The van der Waals surface area contributed by atoms with Gasteiger partial charge in [-0.3, -0.25) is 4.79 Å². The van der Waals surface area contributed by atoms with E-state index in [0.29, 0.717) is 12.3 Å². The van der Waals surface area contributed by atoms with Crippen LogP contribution < -0.4 is 10.6 Å². The molecular formula is C12H17N3O4. The van der Waals surface area contributed by atoms with Gasteiger partial charge in [0.15, 0.2) is 5.76 Å². The highest BCUT2D eigenvalue weighted by Gasteiger charge is 2.39. The quantitative estimate of drug-likeness (QED) is 0.716. The van der Waals surface area contributed by atoms with Crippen molar-refractivity contribution in [2.75, 3.05) is 6.54 Å². The van der Waals surface area contributed by atoms with Crippen LogP contribution in [-0.2, 0) is 11.3 Å². The first-order valence-corrected chi connectivity index (χ1v) is 6.23. The molecule has 104 valence electrons. The lowest BCUT2D eigenvalue weighted by Crippen LogP contribution is -2.46. The summed E-state index contributed by atoms with van der Waals surface area (Å²) in [5, 5.41) is 17.7. The van der Waals surface area contributed by atoms with Gasteiger partial charge in [-0.2, -0.15) is 0 Å². The number of hydrogen-bond acceptors (Lipinski definition) is 4. The van der Waals surface area contributed by atoms with Gasteiger partial charge in [0.2, 0.25) is 0 Å². The molecule has 7 nitrogen and oxygen atoms in total. The zero-order valence-electron chi connectivity index (χ0n) is 10.5. The van der Waals surface area contributed by atoms with Crippen molar-refractivity contribution >= 4 is 12.0 Å².